The molecule has 5 heteroatoms. The molecule has 0 aliphatic rings. The molecule has 1 N–H and O–H groups in total. The first-order valence-corrected chi connectivity index (χ1v) is 4.63. The fourth-order valence-corrected chi connectivity index (χ4v) is 1.21. The Hall–Kier alpha value is -2.09. The molecule has 0 aromatic heterocycles. The molecule has 0 spiro atoms. The van der Waals surface area contributed by atoms with E-state index in [4.69, 9.17) is 10.00 Å². The van der Waals surface area contributed by atoms with Gasteiger partial charge in [-0.05, 0) is 17.7 Å². The Kier molecular flexibility index (Phi) is 4.28. The SMILES string of the molecule is COc1ccc(CC(=O)NCC#N)cc1F. The normalized spacial score (nSPS) is 9.31. The van der Waals surface area contributed by atoms with Crippen LogP contribution in [0, 0.1) is 17.1 Å². The van der Waals surface area contributed by atoms with Crippen molar-refractivity contribution in [3.8, 4) is 11.8 Å². The van der Waals surface area contributed by atoms with Crippen LogP contribution in [0.5, 0.6) is 5.75 Å². The Balaban J connectivity index is 2.65. The molecule has 0 aliphatic heterocycles. The fourth-order valence-electron chi connectivity index (χ4n) is 1.21. The highest BCUT2D eigenvalue weighted by Crippen LogP contribution is 2.17. The molecule has 0 atom stereocenters. The van der Waals surface area contributed by atoms with Crippen molar-refractivity contribution in [2.75, 3.05) is 13.7 Å². The lowest BCUT2D eigenvalue weighted by Gasteiger charge is -2.04. The summed E-state index contributed by atoms with van der Waals surface area (Å²) in [6.45, 7) is -0.0442. The zero-order valence-electron chi connectivity index (χ0n) is 8.79. The first-order chi connectivity index (χ1) is 7.67. The van der Waals surface area contributed by atoms with Crippen molar-refractivity contribution in [1.29, 1.82) is 5.26 Å². The Labute approximate surface area is 92.6 Å². The molecule has 0 saturated heterocycles. The average Bonchev–Trinajstić information content (AvgIpc) is 2.26. The Morgan fingerprint density at radius 3 is 2.94 bits per heavy atom. The lowest BCUT2D eigenvalue weighted by Crippen LogP contribution is -2.25. The van der Waals surface area contributed by atoms with Crippen LogP contribution in [0.15, 0.2) is 18.2 Å². The second-order valence-corrected chi connectivity index (χ2v) is 3.08. The highest BCUT2D eigenvalue weighted by Gasteiger charge is 2.06. The van der Waals surface area contributed by atoms with Crippen molar-refractivity contribution in [1.82, 2.24) is 5.32 Å². The van der Waals surface area contributed by atoms with Crippen LogP contribution in [-0.4, -0.2) is 19.6 Å². The number of amides is 1. The lowest BCUT2D eigenvalue weighted by molar-refractivity contribution is -0.120. The van der Waals surface area contributed by atoms with E-state index >= 15 is 0 Å². The topological polar surface area (TPSA) is 62.1 Å². The maximum atomic E-state index is 13.2. The maximum Gasteiger partial charge on any atom is 0.225 e. The smallest absolute Gasteiger partial charge is 0.225 e. The number of rotatable bonds is 4. The number of ether oxygens (including phenoxy) is 1. The Morgan fingerprint density at radius 1 is 1.62 bits per heavy atom. The second-order valence-electron chi connectivity index (χ2n) is 3.08. The molecule has 1 rings (SSSR count). The zero-order valence-corrected chi connectivity index (χ0v) is 8.79. The van der Waals surface area contributed by atoms with Crippen molar-refractivity contribution >= 4 is 5.91 Å². The molecule has 16 heavy (non-hydrogen) atoms. The highest BCUT2D eigenvalue weighted by molar-refractivity contribution is 5.78. The summed E-state index contributed by atoms with van der Waals surface area (Å²) in [4.78, 5) is 11.2. The van der Waals surface area contributed by atoms with Crippen LogP contribution in [0.1, 0.15) is 5.56 Å². The second kappa shape index (κ2) is 5.71. The molecular weight excluding hydrogens is 211 g/mol. The van der Waals surface area contributed by atoms with Gasteiger partial charge in [-0.2, -0.15) is 5.26 Å². The van der Waals surface area contributed by atoms with Gasteiger partial charge in [0.1, 0.15) is 6.54 Å². The molecule has 1 aromatic rings. The molecule has 0 aliphatic carbocycles. The van der Waals surface area contributed by atoms with Crippen LogP contribution < -0.4 is 10.1 Å². The maximum absolute atomic E-state index is 13.2. The van der Waals surface area contributed by atoms with E-state index in [9.17, 15) is 9.18 Å². The number of hydrogen-bond acceptors (Lipinski definition) is 3. The fraction of sp³-hybridized carbons (Fsp3) is 0.273. The summed E-state index contributed by atoms with van der Waals surface area (Å²) in [6, 6.07) is 6.09. The van der Waals surface area contributed by atoms with Gasteiger partial charge in [0.2, 0.25) is 5.91 Å². The van der Waals surface area contributed by atoms with E-state index in [0.717, 1.165) is 0 Å². The van der Waals surface area contributed by atoms with Crippen LogP contribution >= 0.6 is 0 Å². The van der Waals surface area contributed by atoms with Crippen LogP contribution in [0.2, 0.25) is 0 Å². The number of halogens is 1. The summed E-state index contributed by atoms with van der Waals surface area (Å²) < 4.78 is 18.0. The van der Waals surface area contributed by atoms with Crippen LogP contribution in [0.3, 0.4) is 0 Å². The van der Waals surface area contributed by atoms with Gasteiger partial charge in [0.25, 0.3) is 0 Å². The van der Waals surface area contributed by atoms with Crippen molar-refractivity contribution in [3.63, 3.8) is 0 Å². The number of nitrogens with zero attached hydrogens (tertiary/aromatic N) is 1. The number of carbonyl (C=O) groups is 1. The third-order valence-electron chi connectivity index (χ3n) is 1.95. The van der Waals surface area contributed by atoms with Crippen LogP contribution in [-0.2, 0) is 11.2 Å². The first-order valence-electron chi connectivity index (χ1n) is 4.63. The summed E-state index contributed by atoms with van der Waals surface area (Å²) in [5, 5.41) is 10.6. The van der Waals surface area contributed by atoms with Crippen LogP contribution in [0.25, 0.3) is 0 Å². The van der Waals surface area contributed by atoms with Crippen molar-refractivity contribution in [2.45, 2.75) is 6.42 Å². The molecule has 1 amide bonds. The van der Waals surface area contributed by atoms with Crippen molar-refractivity contribution in [2.24, 2.45) is 0 Å². The Bertz CT molecular complexity index is 426. The van der Waals surface area contributed by atoms with Crippen molar-refractivity contribution < 1.29 is 13.9 Å². The van der Waals surface area contributed by atoms with E-state index in [0.29, 0.717) is 5.56 Å². The van der Waals surface area contributed by atoms with Gasteiger partial charge >= 0.3 is 0 Å². The number of carbonyl (C=O) groups excluding carboxylic acids is 1. The molecule has 0 radical (unpaired) electrons. The number of methoxy groups -OCH3 is 1. The molecule has 84 valence electrons. The highest BCUT2D eigenvalue weighted by atomic mass is 19.1. The molecule has 0 unspecified atom stereocenters. The van der Waals surface area contributed by atoms with E-state index in [1.54, 1.807) is 12.1 Å². The minimum Gasteiger partial charge on any atom is -0.494 e. The quantitative estimate of drug-likeness (QED) is 0.773. The summed E-state index contributed by atoms with van der Waals surface area (Å²) in [6.07, 6.45) is 0.0442. The van der Waals surface area contributed by atoms with Gasteiger partial charge in [0, 0.05) is 0 Å². The summed E-state index contributed by atoms with van der Waals surface area (Å²) >= 11 is 0. The summed E-state index contributed by atoms with van der Waals surface area (Å²) in [5.41, 5.74) is 0.536. The largest absolute Gasteiger partial charge is 0.494 e. The first kappa shape index (κ1) is 12.0. The lowest BCUT2D eigenvalue weighted by atomic mass is 10.1. The predicted octanol–water partition coefficient (Wildman–Crippen LogP) is 1.02. The van der Waals surface area contributed by atoms with Gasteiger partial charge < -0.3 is 10.1 Å². The molecule has 0 heterocycles. The van der Waals surface area contributed by atoms with E-state index < -0.39 is 5.82 Å². The number of nitriles is 1. The predicted molar refractivity (Wildman–Crippen MR) is 55.3 cm³/mol. The zero-order chi connectivity index (χ0) is 12.0. The molecular formula is C11H11FN2O2. The molecule has 4 nitrogen and oxygen atoms in total. The molecule has 0 fully saturated rings. The Morgan fingerprint density at radius 2 is 2.38 bits per heavy atom. The van der Waals surface area contributed by atoms with Crippen molar-refractivity contribution in [3.05, 3.63) is 29.6 Å². The van der Waals surface area contributed by atoms with E-state index in [2.05, 4.69) is 5.32 Å². The minimum atomic E-state index is -0.506. The number of hydrogen-bond donors (Lipinski definition) is 1. The molecule has 0 saturated carbocycles. The van der Waals surface area contributed by atoms with Gasteiger partial charge in [-0.25, -0.2) is 4.39 Å². The number of nitrogens with one attached hydrogen (secondary N) is 1. The van der Waals surface area contributed by atoms with Gasteiger partial charge in [-0.3, -0.25) is 4.79 Å². The average molecular weight is 222 g/mol. The van der Waals surface area contributed by atoms with E-state index in [1.807, 2.05) is 0 Å². The summed E-state index contributed by atoms with van der Waals surface area (Å²) in [5.74, 6) is -0.680. The van der Waals surface area contributed by atoms with Gasteiger partial charge in [0.05, 0.1) is 19.6 Å². The summed E-state index contributed by atoms with van der Waals surface area (Å²) in [7, 11) is 1.37. The molecule has 0 bridgehead atoms. The molecule has 1 aromatic carbocycles. The van der Waals surface area contributed by atoms with E-state index in [1.165, 1.54) is 19.2 Å². The third kappa shape index (κ3) is 3.24. The van der Waals surface area contributed by atoms with Gasteiger partial charge in [-0.1, -0.05) is 6.07 Å². The minimum absolute atomic E-state index is 0.0442. The standard InChI is InChI=1S/C11H11FN2O2/c1-16-10-3-2-8(6-9(10)12)7-11(15)14-5-4-13/h2-3,6H,5,7H2,1H3,(H,14,15). The number of benzene rings is 1. The van der Waals surface area contributed by atoms with Crippen LogP contribution in [0.4, 0.5) is 4.39 Å². The monoisotopic (exact) mass is 222 g/mol. The van der Waals surface area contributed by atoms with Gasteiger partial charge in [-0.15, -0.1) is 0 Å². The van der Waals surface area contributed by atoms with E-state index in [-0.39, 0.29) is 24.6 Å². The third-order valence-corrected chi connectivity index (χ3v) is 1.95. The van der Waals surface area contributed by atoms with Gasteiger partial charge in [0.15, 0.2) is 11.6 Å².